The molecule has 0 spiro atoms. The van der Waals surface area contributed by atoms with Crippen LogP contribution in [-0.2, 0) is 0 Å². The van der Waals surface area contributed by atoms with Crippen molar-refractivity contribution in [2.75, 3.05) is 13.1 Å². The van der Waals surface area contributed by atoms with E-state index >= 15 is 0 Å². The highest BCUT2D eigenvalue weighted by atomic mass is 19.1. The van der Waals surface area contributed by atoms with Crippen molar-refractivity contribution in [3.05, 3.63) is 47.0 Å². The molecule has 2 atom stereocenters. The number of hydrogen-bond donors (Lipinski definition) is 1. The molecule has 1 aliphatic rings. The van der Waals surface area contributed by atoms with E-state index in [2.05, 4.69) is 5.10 Å². The van der Waals surface area contributed by atoms with Crippen LogP contribution in [0.25, 0.3) is 5.69 Å². The molecule has 5 nitrogen and oxygen atoms in total. The first-order valence-electron chi connectivity index (χ1n) is 8.25. The van der Waals surface area contributed by atoms with E-state index in [-0.39, 0.29) is 11.9 Å². The summed E-state index contributed by atoms with van der Waals surface area (Å²) in [7, 11) is 0. The highest BCUT2D eigenvalue weighted by molar-refractivity contribution is 5.94. The van der Waals surface area contributed by atoms with Gasteiger partial charge in [0, 0.05) is 23.8 Å². The molecule has 0 bridgehead atoms. The van der Waals surface area contributed by atoms with Crippen LogP contribution in [0.3, 0.4) is 0 Å². The zero-order chi connectivity index (χ0) is 17.4. The summed E-state index contributed by atoms with van der Waals surface area (Å²) in [5.74, 6) is -0.269. The van der Waals surface area contributed by atoms with Crippen LogP contribution in [-0.4, -0.2) is 39.7 Å². The molecule has 128 valence electrons. The summed E-state index contributed by atoms with van der Waals surface area (Å²) < 4.78 is 16.1. The Bertz CT molecular complexity index is 770. The Labute approximate surface area is 141 Å². The molecular weight excluding hydrogens is 307 g/mol. The molecule has 6 heteroatoms. The van der Waals surface area contributed by atoms with E-state index in [1.807, 2.05) is 26.8 Å². The number of benzene rings is 1. The van der Waals surface area contributed by atoms with E-state index in [9.17, 15) is 9.18 Å². The molecule has 1 amide bonds. The van der Waals surface area contributed by atoms with E-state index in [1.54, 1.807) is 21.7 Å². The number of carbonyl (C=O) groups excluding carboxylic acids is 1. The first-order valence-corrected chi connectivity index (χ1v) is 8.25. The predicted molar refractivity (Wildman–Crippen MR) is 90.7 cm³/mol. The Morgan fingerprint density at radius 3 is 2.67 bits per heavy atom. The lowest BCUT2D eigenvalue weighted by Crippen LogP contribution is -2.34. The predicted octanol–water partition coefficient (Wildman–Crippen LogP) is 2.44. The molecule has 24 heavy (non-hydrogen) atoms. The average Bonchev–Trinajstić information content (AvgIpc) is 3.08. The molecule has 1 fully saturated rings. The van der Waals surface area contributed by atoms with Gasteiger partial charge in [0.15, 0.2) is 0 Å². The van der Waals surface area contributed by atoms with Gasteiger partial charge >= 0.3 is 0 Å². The summed E-state index contributed by atoms with van der Waals surface area (Å²) in [5.41, 5.74) is 8.11. The minimum Gasteiger partial charge on any atom is -0.336 e. The maximum Gasteiger partial charge on any atom is 0.254 e. The van der Waals surface area contributed by atoms with E-state index in [0.717, 1.165) is 17.8 Å². The molecule has 2 heterocycles. The Morgan fingerprint density at radius 2 is 2.12 bits per heavy atom. The highest BCUT2D eigenvalue weighted by Crippen LogP contribution is 2.25. The van der Waals surface area contributed by atoms with Crippen LogP contribution in [0, 0.1) is 25.6 Å². The van der Waals surface area contributed by atoms with Gasteiger partial charge in [-0.3, -0.25) is 4.79 Å². The largest absolute Gasteiger partial charge is 0.336 e. The van der Waals surface area contributed by atoms with E-state index in [0.29, 0.717) is 30.3 Å². The van der Waals surface area contributed by atoms with Crippen LogP contribution >= 0.6 is 0 Å². The standard InChI is InChI=1S/C18H23FN4O/c1-11-6-13(3)23(21-11)17-5-4-15(8-16(17)19)18(24)22-10-14(9-20)7-12(22)2/h4-6,8,12,14H,7,9-10,20H2,1-3H3. The number of nitrogens with zero attached hydrogens (tertiary/aromatic N) is 3. The minimum absolute atomic E-state index is 0.129. The third-order valence-electron chi connectivity index (χ3n) is 4.69. The maximum absolute atomic E-state index is 14.6. The third kappa shape index (κ3) is 2.94. The molecule has 3 rings (SSSR count). The van der Waals surface area contributed by atoms with Crippen LogP contribution < -0.4 is 5.73 Å². The van der Waals surface area contributed by atoms with Crippen LogP contribution in [0.1, 0.15) is 35.1 Å². The first kappa shape index (κ1) is 16.6. The molecule has 0 aliphatic carbocycles. The number of carbonyl (C=O) groups is 1. The number of halogens is 1. The van der Waals surface area contributed by atoms with Gasteiger partial charge in [-0.25, -0.2) is 9.07 Å². The second kappa shape index (κ2) is 6.36. The second-order valence-electron chi connectivity index (χ2n) is 6.65. The van der Waals surface area contributed by atoms with Crippen molar-refractivity contribution >= 4 is 5.91 Å². The molecule has 1 aliphatic heterocycles. The number of nitrogens with two attached hydrogens (primary N) is 1. The molecule has 2 N–H and O–H groups in total. The quantitative estimate of drug-likeness (QED) is 0.940. The fraction of sp³-hybridized carbons (Fsp3) is 0.444. The fourth-order valence-electron chi connectivity index (χ4n) is 3.45. The number of rotatable bonds is 3. The maximum atomic E-state index is 14.6. The number of aryl methyl sites for hydroxylation is 2. The Hall–Kier alpha value is -2.21. The zero-order valence-corrected chi connectivity index (χ0v) is 14.3. The van der Waals surface area contributed by atoms with Gasteiger partial charge in [0.2, 0.25) is 0 Å². The van der Waals surface area contributed by atoms with Crippen LogP contribution in [0.4, 0.5) is 4.39 Å². The van der Waals surface area contributed by atoms with Crippen molar-refractivity contribution < 1.29 is 9.18 Å². The summed E-state index contributed by atoms with van der Waals surface area (Å²) in [6.45, 7) is 6.95. The van der Waals surface area contributed by atoms with Crippen molar-refractivity contribution in [1.29, 1.82) is 0 Å². The number of likely N-dealkylation sites (tertiary alicyclic amines) is 1. The van der Waals surface area contributed by atoms with E-state index in [1.165, 1.54) is 6.07 Å². The lowest BCUT2D eigenvalue weighted by atomic mass is 10.1. The Balaban J connectivity index is 1.87. The van der Waals surface area contributed by atoms with Gasteiger partial charge in [0.05, 0.1) is 5.69 Å². The van der Waals surface area contributed by atoms with Gasteiger partial charge in [-0.15, -0.1) is 0 Å². The summed E-state index contributed by atoms with van der Waals surface area (Å²) in [5, 5.41) is 4.29. The number of aromatic nitrogens is 2. The summed E-state index contributed by atoms with van der Waals surface area (Å²) in [4.78, 5) is 14.5. The second-order valence-corrected chi connectivity index (χ2v) is 6.65. The van der Waals surface area contributed by atoms with Gasteiger partial charge in [0.25, 0.3) is 5.91 Å². The van der Waals surface area contributed by atoms with Crippen LogP contribution in [0.2, 0.25) is 0 Å². The van der Waals surface area contributed by atoms with E-state index < -0.39 is 5.82 Å². The van der Waals surface area contributed by atoms with Crippen molar-refractivity contribution in [2.24, 2.45) is 11.7 Å². The SMILES string of the molecule is Cc1cc(C)n(-c2ccc(C(=O)N3CC(CN)CC3C)cc2F)n1. The zero-order valence-electron chi connectivity index (χ0n) is 14.3. The van der Waals surface area contributed by atoms with Gasteiger partial charge in [0.1, 0.15) is 11.5 Å². The monoisotopic (exact) mass is 330 g/mol. The van der Waals surface area contributed by atoms with Gasteiger partial charge in [-0.2, -0.15) is 5.10 Å². The van der Waals surface area contributed by atoms with Gasteiger partial charge in [-0.1, -0.05) is 0 Å². The minimum atomic E-state index is -0.450. The fourth-order valence-corrected chi connectivity index (χ4v) is 3.45. The number of amides is 1. The first-order chi connectivity index (χ1) is 11.4. The van der Waals surface area contributed by atoms with Crippen molar-refractivity contribution in [3.63, 3.8) is 0 Å². The Morgan fingerprint density at radius 1 is 1.38 bits per heavy atom. The molecule has 0 saturated carbocycles. The molecule has 1 aromatic carbocycles. The molecule has 2 unspecified atom stereocenters. The topological polar surface area (TPSA) is 64.2 Å². The highest BCUT2D eigenvalue weighted by Gasteiger charge is 2.32. The van der Waals surface area contributed by atoms with Crippen LogP contribution in [0.15, 0.2) is 24.3 Å². The Kier molecular flexibility index (Phi) is 4.41. The molecule has 0 radical (unpaired) electrons. The van der Waals surface area contributed by atoms with Gasteiger partial charge in [-0.05, 0) is 63.9 Å². The molecular formula is C18H23FN4O. The third-order valence-corrected chi connectivity index (χ3v) is 4.69. The summed E-state index contributed by atoms with van der Waals surface area (Å²) >= 11 is 0. The van der Waals surface area contributed by atoms with Crippen LogP contribution in [0.5, 0.6) is 0 Å². The van der Waals surface area contributed by atoms with Crippen molar-refractivity contribution in [2.45, 2.75) is 33.2 Å². The number of hydrogen-bond acceptors (Lipinski definition) is 3. The molecule has 1 saturated heterocycles. The van der Waals surface area contributed by atoms with E-state index in [4.69, 9.17) is 5.73 Å². The summed E-state index contributed by atoms with van der Waals surface area (Å²) in [6, 6.07) is 6.60. The lowest BCUT2D eigenvalue weighted by molar-refractivity contribution is 0.0743. The average molecular weight is 330 g/mol. The van der Waals surface area contributed by atoms with Gasteiger partial charge < -0.3 is 10.6 Å². The normalized spacial score (nSPS) is 20.6. The molecule has 2 aromatic rings. The summed E-state index contributed by atoms with van der Waals surface area (Å²) in [6.07, 6.45) is 0.897. The lowest BCUT2D eigenvalue weighted by Gasteiger charge is -2.22. The smallest absolute Gasteiger partial charge is 0.254 e. The molecule has 1 aromatic heterocycles. The van der Waals surface area contributed by atoms with Crippen molar-refractivity contribution in [1.82, 2.24) is 14.7 Å². The van der Waals surface area contributed by atoms with Crippen molar-refractivity contribution in [3.8, 4) is 5.69 Å².